The van der Waals surface area contributed by atoms with Crippen molar-refractivity contribution in [1.29, 1.82) is 0 Å². The van der Waals surface area contributed by atoms with Gasteiger partial charge in [0.05, 0.1) is 20.2 Å². The Bertz CT molecular complexity index is 855. The Morgan fingerprint density at radius 3 is 2.48 bits per heavy atom. The van der Waals surface area contributed by atoms with Gasteiger partial charge in [-0.1, -0.05) is 79.7 Å². The lowest BCUT2D eigenvalue weighted by Gasteiger charge is -2.24. The van der Waals surface area contributed by atoms with Crippen molar-refractivity contribution >= 4 is 23.6 Å². The highest BCUT2D eigenvalue weighted by Gasteiger charge is 2.14. The Hall–Kier alpha value is -2.70. The summed E-state index contributed by atoms with van der Waals surface area (Å²) in [7, 11) is 1.61. The van der Waals surface area contributed by atoms with Crippen LogP contribution in [0.2, 0.25) is 0 Å². The Balaban J connectivity index is 1.87. The van der Waals surface area contributed by atoms with E-state index in [-0.39, 0.29) is 12.5 Å². The maximum absolute atomic E-state index is 13.0. The van der Waals surface area contributed by atoms with E-state index < -0.39 is 0 Å². The van der Waals surface area contributed by atoms with E-state index in [0.717, 1.165) is 34.6 Å². The fourth-order valence-corrected chi connectivity index (χ4v) is 3.68. The third-order valence-corrected chi connectivity index (χ3v) is 5.67. The van der Waals surface area contributed by atoms with Crippen molar-refractivity contribution in [2.75, 3.05) is 32.5 Å². The number of aryl methyl sites for hydroxylation is 1. The summed E-state index contributed by atoms with van der Waals surface area (Å²) < 4.78 is 8.26. The molecule has 1 amide bonds. The van der Waals surface area contributed by atoms with Crippen molar-refractivity contribution in [2.45, 2.75) is 19.9 Å². The van der Waals surface area contributed by atoms with E-state index in [9.17, 15) is 4.79 Å². The molecule has 0 unspecified atom stereocenters. The topological polar surface area (TPSA) is 53.6 Å². The third kappa shape index (κ3) is 8.90. The van der Waals surface area contributed by atoms with Crippen LogP contribution in [0.3, 0.4) is 0 Å². The van der Waals surface area contributed by atoms with E-state index in [4.69, 9.17) is 4.74 Å². The van der Waals surface area contributed by atoms with Crippen LogP contribution in [0.4, 0.5) is 0 Å². The molecule has 31 heavy (non-hydrogen) atoms. The second kappa shape index (κ2) is 13.6. The molecule has 0 aromatic heterocycles. The van der Waals surface area contributed by atoms with E-state index in [1.807, 2.05) is 66.4 Å². The van der Waals surface area contributed by atoms with Crippen LogP contribution in [0.1, 0.15) is 23.1 Å². The largest absolute Gasteiger partial charge is 0.500 e. The first-order valence-electron chi connectivity index (χ1n) is 10.4. The Kier molecular flexibility index (Phi) is 10.8. The molecule has 0 fully saturated rings. The number of amides is 1. The van der Waals surface area contributed by atoms with Gasteiger partial charge in [0.1, 0.15) is 5.76 Å². The average molecular weight is 440 g/mol. The number of hydrogen-bond donors (Lipinski definition) is 2. The van der Waals surface area contributed by atoms with Gasteiger partial charge in [-0.3, -0.25) is 9.52 Å². The summed E-state index contributed by atoms with van der Waals surface area (Å²) in [6, 6.07) is 18.1. The molecule has 0 bridgehead atoms. The number of hydrogen-bond acceptors (Lipinski definition) is 5. The summed E-state index contributed by atoms with van der Waals surface area (Å²) in [6.45, 7) is 12.0. The molecule has 0 radical (unpaired) electrons. The van der Waals surface area contributed by atoms with Crippen molar-refractivity contribution < 1.29 is 9.53 Å². The Morgan fingerprint density at radius 2 is 1.77 bits per heavy atom. The maximum Gasteiger partial charge on any atom is 0.242 e. The standard InChI is InChI=1S/C25H33N3O2S/c1-20-11-8-9-14-24(20)22(3)26-18-25(29)28(19-23-12-6-5-7-13-23)15-10-16-31-27-17-21(2)30-4/h5-9,11-14,26-27H,2-3,10,15-19H2,1,4H3. The smallest absolute Gasteiger partial charge is 0.242 e. The Labute approximate surface area is 190 Å². The van der Waals surface area contributed by atoms with Crippen LogP contribution in [0.15, 0.2) is 73.5 Å². The van der Waals surface area contributed by atoms with E-state index >= 15 is 0 Å². The van der Waals surface area contributed by atoms with Gasteiger partial charge in [-0.25, -0.2) is 0 Å². The SMILES string of the molecule is C=C(CNSCCCN(Cc1ccccc1)C(=O)CNC(=C)c1ccccc1C)OC. The first-order valence-corrected chi connectivity index (χ1v) is 11.4. The van der Waals surface area contributed by atoms with Gasteiger partial charge in [-0.05, 0) is 30.0 Å². The number of nitrogens with one attached hydrogen (secondary N) is 2. The fraction of sp³-hybridized carbons (Fsp3) is 0.320. The molecule has 6 heteroatoms. The van der Waals surface area contributed by atoms with Gasteiger partial charge in [0.2, 0.25) is 5.91 Å². The predicted molar refractivity (Wildman–Crippen MR) is 131 cm³/mol. The van der Waals surface area contributed by atoms with Gasteiger partial charge in [0.25, 0.3) is 0 Å². The number of nitrogens with zero attached hydrogens (tertiary/aromatic N) is 1. The molecular weight excluding hydrogens is 406 g/mol. The van der Waals surface area contributed by atoms with Gasteiger partial charge >= 0.3 is 0 Å². The summed E-state index contributed by atoms with van der Waals surface area (Å²) in [6.07, 6.45) is 0.883. The lowest BCUT2D eigenvalue weighted by molar-refractivity contribution is -0.130. The molecule has 0 saturated heterocycles. The molecule has 0 atom stereocenters. The summed E-state index contributed by atoms with van der Waals surface area (Å²) in [5.41, 5.74) is 4.05. The predicted octanol–water partition coefficient (Wildman–Crippen LogP) is 4.37. The second-order valence-corrected chi connectivity index (χ2v) is 8.20. The first kappa shape index (κ1) is 24.6. The highest BCUT2D eigenvalue weighted by molar-refractivity contribution is 7.97. The van der Waals surface area contributed by atoms with Gasteiger partial charge in [-0.2, -0.15) is 0 Å². The van der Waals surface area contributed by atoms with Crippen molar-refractivity contribution in [3.05, 3.63) is 90.2 Å². The summed E-state index contributed by atoms with van der Waals surface area (Å²) in [5.74, 6) is 1.65. The van der Waals surface area contributed by atoms with Crippen molar-refractivity contribution in [1.82, 2.24) is 14.9 Å². The third-order valence-electron chi connectivity index (χ3n) is 4.83. The minimum atomic E-state index is 0.0595. The van der Waals surface area contributed by atoms with E-state index in [1.54, 1.807) is 19.1 Å². The molecule has 0 saturated carbocycles. The quantitative estimate of drug-likeness (QED) is 0.260. The molecule has 0 heterocycles. The number of carbonyl (C=O) groups is 1. The summed E-state index contributed by atoms with van der Waals surface area (Å²) >= 11 is 1.62. The number of benzene rings is 2. The van der Waals surface area contributed by atoms with Crippen LogP contribution >= 0.6 is 11.9 Å². The number of rotatable bonds is 14. The Morgan fingerprint density at radius 1 is 1.06 bits per heavy atom. The van der Waals surface area contributed by atoms with Crippen LogP contribution < -0.4 is 10.0 Å². The highest BCUT2D eigenvalue weighted by atomic mass is 32.2. The minimum Gasteiger partial charge on any atom is -0.500 e. The van der Waals surface area contributed by atoms with Crippen molar-refractivity contribution in [2.24, 2.45) is 0 Å². The van der Waals surface area contributed by atoms with Crippen LogP contribution in [0.5, 0.6) is 0 Å². The summed E-state index contributed by atoms with van der Waals surface area (Å²) in [5, 5.41) is 3.21. The average Bonchev–Trinajstić information content (AvgIpc) is 2.79. The molecule has 2 aromatic carbocycles. The molecule has 0 spiro atoms. The number of ether oxygens (including phenoxy) is 1. The summed E-state index contributed by atoms with van der Waals surface area (Å²) in [4.78, 5) is 14.9. The molecular formula is C25H33N3O2S. The molecule has 2 N–H and O–H groups in total. The molecule has 0 aliphatic carbocycles. The van der Waals surface area contributed by atoms with Crippen molar-refractivity contribution in [3.63, 3.8) is 0 Å². The molecule has 2 aromatic rings. The lowest BCUT2D eigenvalue weighted by atomic mass is 10.1. The molecule has 166 valence electrons. The maximum atomic E-state index is 13.0. The normalized spacial score (nSPS) is 10.4. The van der Waals surface area contributed by atoms with Crippen LogP contribution in [-0.4, -0.2) is 43.3 Å². The number of methoxy groups -OCH3 is 1. The van der Waals surface area contributed by atoms with Crippen LogP contribution in [0, 0.1) is 6.92 Å². The molecule has 0 aliphatic heterocycles. The number of carbonyl (C=O) groups excluding carboxylic acids is 1. The fourth-order valence-electron chi connectivity index (χ4n) is 3.00. The van der Waals surface area contributed by atoms with Gasteiger partial charge < -0.3 is 15.0 Å². The van der Waals surface area contributed by atoms with Crippen LogP contribution in [-0.2, 0) is 16.1 Å². The van der Waals surface area contributed by atoms with E-state index in [1.165, 1.54) is 0 Å². The van der Waals surface area contributed by atoms with Gasteiger partial charge in [0.15, 0.2) is 0 Å². The van der Waals surface area contributed by atoms with E-state index in [0.29, 0.717) is 25.4 Å². The van der Waals surface area contributed by atoms with E-state index in [2.05, 4.69) is 23.2 Å². The highest BCUT2D eigenvalue weighted by Crippen LogP contribution is 2.14. The molecule has 2 rings (SSSR count). The van der Waals surface area contributed by atoms with Crippen molar-refractivity contribution in [3.8, 4) is 0 Å². The monoisotopic (exact) mass is 439 g/mol. The zero-order chi connectivity index (χ0) is 22.5. The lowest BCUT2D eigenvalue weighted by Crippen LogP contribution is -2.38. The van der Waals surface area contributed by atoms with Gasteiger partial charge in [0, 0.05) is 24.5 Å². The van der Waals surface area contributed by atoms with Gasteiger partial charge in [-0.15, -0.1) is 0 Å². The second-order valence-electron chi connectivity index (χ2n) is 7.21. The zero-order valence-electron chi connectivity index (χ0n) is 18.5. The van der Waals surface area contributed by atoms with Crippen LogP contribution in [0.25, 0.3) is 5.70 Å². The molecule has 0 aliphatic rings. The molecule has 5 nitrogen and oxygen atoms in total. The minimum absolute atomic E-state index is 0.0595. The first-order chi connectivity index (χ1) is 15.0. The zero-order valence-corrected chi connectivity index (χ0v) is 19.3.